The maximum absolute atomic E-state index is 5.18. The Morgan fingerprint density at radius 2 is 2.10 bits per heavy atom. The normalized spacial score (nSPS) is 15.6. The van der Waals surface area contributed by atoms with Crippen LogP contribution in [0.25, 0.3) is 0 Å². The molecular formula is C15H26N4O. The lowest BCUT2D eigenvalue weighted by molar-refractivity contribution is 0.178. The van der Waals surface area contributed by atoms with Crippen LogP contribution >= 0.6 is 0 Å². The van der Waals surface area contributed by atoms with E-state index >= 15 is 0 Å². The molecule has 1 fully saturated rings. The van der Waals surface area contributed by atoms with Crippen molar-refractivity contribution >= 4 is 11.6 Å². The molecule has 0 spiro atoms. The van der Waals surface area contributed by atoms with E-state index in [4.69, 9.17) is 4.74 Å². The molecule has 0 aliphatic heterocycles. The van der Waals surface area contributed by atoms with Gasteiger partial charge in [-0.1, -0.05) is 19.8 Å². The van der Waals surface area contributed by atoms with E-state index in [1.54, 1.807) is 7.11 Å². The first-order chi connectivity index (χ1) is 9.74. The number of anilines is 2. The van der Waals surface area contributed by atoms with Gasteiger partial charge in [-0.05, 0) is 19.3 Å². The molecule has 2 rings (SSSR count). The van der Waals surface area contributed by atoms with E-state index in [1.165, 1.54) is 25.7 Å². The van der Waals surface area contributed by atoms with Crippen molar-refractivity contribution in [3.05, 3.63) is 11.9 Å². The van der Waals surface area contributed by atoms with Crippen LogP contribution in [0.15, 0.2) is 6.07 Å². The van der Waals surface area contributed by atoms with Crippen LogP contribution in [0.4, 0.5) is 11.6 Å². The van der Waals surface area contributed by atoms with Gasteiger partial charge in [0.1, 0.15) is 18.2 Å². The Morgan fingerprint density at radius 1 is 1.35 bits per heavy atom. The summed E-state index contributed by atoms with van der Waals surface area (Å²) in [6, 6.07) is 2.66. The van der Waals surface area contributed by atoms with Crippen molar-refractivity contribution in [3.63, 3.8) is 0 Å². The summed E-state index contributed by atoms with van der Waals surface area (Å²) in [5.74, 6) is 2.64. The second kappa shape index (κ2) is 7.43. The van der Waals surface area contributed by atoms with E-state index in [0.717, 1.165) is 30.4 Å². The van der Waals surface area contributed by atoms with Gasteiger partial charge in [0.25, 0.3) is 0 Å². The molecule has 112 valence electrons. The molecule has 0 unspecified atom stereocenters. The van der Waals surface area contributed by atoms with E-state index in [0.29, 0.717) is 12.6 Å². The Kier molecular flexibility index (Phi) is 5.59. The molecule has 0 saturated heterocycles. The quantitative estimate of drug-likeness (QED) is 0.831. The number of nitrogens with one attached hydrogen (secondary N) is 1. The molecule has 1 aliphatic carbocycles. The van der Waals surface area contributed by atoms with Gasteiger partial charge in [-0.25, -0.2) is 9.97 Å². The Bertz CT molecular complexity index is 418. The standard InChI is InChI=1S/C15H26N4O/c1-4-9-16-13-10-15(18-14(17-13)11-20-3)19(2)12-7-5-6-8-12/h10,12H,4-9,11H2,1-3H3,(H,16,17,18). The molecule has 1 saturated carbocycles. The van der Waals surface area contributed by atoms with Gasteiger partial charge in [0.05, 0.1) is 0 Å². The van der Waals surface area contributed by atoms with Gasteiger partial charge in [-0.2, -0.15) is 0 Å². The summed E-state index contributed by atoms with van der Waals surface area (Å²) < 4.78 is 5.18. The summed E-state index contributed by atoms with van der Waals surface area (Å²) in [6.07, 6.45) is 6.25. The predicted molar refractivity (Wildman–Crippen MR) is 82.2 cm³/mol. The minimum atomic E-state index is 0.452. The zero-order valence-electron chi connectivity index (χ0n) is 12.9. The second-order valence-electron chi connectivity index (χ2n) is 5.44. The predicted octanol–water partition coefficient (Wildman–Crippen LogP) is 2.82. The fourth-order valence-corrected chi connectivity index (χ4v) is 2.68. The third kappa shape index (κ3) is 3.82. The van der Waals surface area contributed by atoms with Gasteiger partial charge >= 0.3 is 0 Å². The fraction of sp³-hybridized carbons (Fsp3) is 0.733. The Morgan fingerprint density at radius 3 is 2.75 bits per heavy atom. The third-order valence-electron chi connectivity index (χ3n) is 3.82. The first-order valence-corrected chi connectivity index (χ1v) is 7.58. The van der Waals surface area contributed by atoms with E-state index in [1.807, 2.05) is 6.07 Å². The highest BCUT2D eigenvalue weighted by atomic mass is 16.5. The number of hydrogen-bond donors (Lipinski definition) is 1. The van der Waals surface area contributed by atoms with Crippen LogP contribution in [-0.2, 0) is 11.3 Å². The number of ether oxygens (including phenoxy) is 1. The van der Waals surface area contributed by atoms with Crippen LogP contribution in [0.1, 0.15) is 44.9 Å². The zero-order valence-corrected chi connectivity index (χ0v) is 12.9. The van der Waals surface area contributed by atoms with E-state index in [-0.39, 0.29) is 0 Å². The highest BCUT2D eigenvalue weighted by molar-refractivity contribution is 5.49. The van der Waals surface area contributed by atoms with E-state index in [9.17, 15) is 0 Å². The van der Waals surface area contributed by atoms with Crippen LogP contribution in [-0.4, -0.2) is 36.7 Å². The third-order valence-corrected chi connectivity index (χ3v) is 3.82. The number of nitrogens with zero attached hydrogens (tertiary/aromatic N) is 3. The lowest BCUT2D eigenvalue weighted by atomic mass is 10.2. The number of aromatic nitrogens is 2. The number of hydrogen-bond acceptors (Lipinski definition) is 5. The molecular weight excluding hydrogens is 252 g/mol. The minimum absolute atomic E-state index is 0.452. The van der Waals surface area contributed by atoms with Crippen LogP contribution < -0.4 is 10.2 Å². The minimum Gasteiger partial charge on any atom is -0.377 e. The molecule has 5 nitrogen and oxygen atoms in total. The summed E-state index contributed by atoms with van der Waals surface area (Å²) in [5.41, 5.74) is 0. The van der Waals surface area contributed by atoms with Crippen molar-refractivity contribution in [1.29, 1.82) is 0 Å². The first-order valence-electron chi connectivity index (χ1n) is 7.58. The Balaban J connectivity index is 2.18. The monoisotopic (exact) mass is 278 g/mol. The molecule has 0 aromatic carbocycles. The molecule has 5 heteroatoms. The number of rotatable bonds is 7. The molecule has 1 aromatic rings. The zero-order chi connectivity index (χ0) is 14.4. The average Bonchev–Trinajstić information content (AvgIpc) is 2.98. The summed E-state index contributed by atoms with van der Waals surface area (Å²) in [5, 5.41) is 3.35. The van der Waals surface area contributed by atoms with Crippen molar-refractivity contribution in [2.75, 3.05) is 30.9 Å². The SMILES string of the molecule is CCCNc1cc(N(C)C2CCCC2)nc(COC)n1. The highest BCUT2D eigenvalue weighted by Gasteiger charge is 2.21. The van der Waals surface area contributed by atoms with Crippen molar-refractivity contribution in [1.82, 2.24) is 9.97 Å². The van der Waals surface area contributed by atoms with Gasteiger partial charge in [-0.15, -0.1) is 0 Å². The highest BCUT2D eigenvalue weighted by Crippen LogP contribution is 2.27. The van der Waals surface area contributed by atoms with Crippen LogP contribution in [0.2, 0.25) is 0 Å². The molecule has 0 radical (unpaired) electrons. The Hall–Kier alpha value is -1.36. The van der Waals surface area contributed by atoms with Crippen molar-refractivity contribution < 1.29 is 4.74 Å². The molecule has 0 bridgehead atoms. The lowest BCUT2D eigenvalue weighted by Crippen LogP contribution is -2.30. The van der Waals surface area contributed by atoms with Gasteiger partial charge in [0, 0.05) is 32.8 Å². The molecule has 0 amide bonds. The lowest BCUT2D eigenvalue weighted by Gasteiger charge is -2.26. The maximum atomic E-state index is 5.18. The summed E-state index contributed by atoms with van der Waals surface area (Å²) >= 11 is 0. The fourth-order valence-electron chi connectivity index (χ4n) is 2.68. The van der Waals surface area contributed by atoms with Gasteiger partial charge in [0.15, 0.2) is 5.82 Å². The van der Waals surface area contributed by atoms with Crippen LogP contribution in [0, 0.1) is 0 Å². The molecule has 1 N–H and O–H groups in total. The van der Waals surface area contributed by atoms with Crippen molar-refractivity contribution in [3.8, 4) is 0 Å². The topological polar surface area (TPSA) is 50.3 Å². The summed E-state index contributed by atoms with van der Waals surface area (Å²) in [6.45, 7) is 3.53. The van der Waals surface area contributed by atoms with Crippen LogP contribution in [0.3, 0.4) is 0 Å². The van der Waals surface area contributed by atoms with Crippen molar-refractivity contribution in [2.24, 2.45) is 0 Å². The molecule has 1 aromatic heterocycles. The van der Waals surface area contributed by atoms with E-state index in [2.05, 4.69) is 34.2 Å². The maximum Gasteiger partial charge on any atom is 0.158 e. The largest absolute Gasteiger partial charge is 0.377 e. The van der Waals surface area contributed by atoms with Crippen LogP contribution in [0.5, 0.6) is 0 Å². The first kappa shape index (κ1) is 15.0. The smallest absolute Gasteiger partial charge is 0.158 e. The van der Waals surface area contributed by atoms with Gasteiger partial charge in [-0.3, -0.25) is 0 Å². The summed E-state index contributed by atoms with van der Waals surface area (Å²) in [4.78, 5) is 11.4. The Labute approximate surface area is 121 Å². The number of methoxy groups -OCH3 is 1. The molecule has 20 heavy (non-hydrogen) atoms. The molecule has 1 aliphatic rings. The van der Waals surface area contributed by atoms with E-state index < -0.39 is 0 Å². The molecule has 0 atom stereocenters. The second-order valence-corrected chi connectivity index (χ2v) is 5.44. The van der Waals surface area contributed by atoms with Crippen molar-refractivity contribution in [2.45, 2.75) is 51.7 Å². The van der Waals surface area contributed by atoms with Gasteiger partial charge < -0.3 is 15.0 Å². The van der Waals surface area contributed by atoms with Gasteiger partial charge in [0.2, 0.25) is 0 Å². The molecule has 1 heterocycles. The average molecular weight is 278 g/mol. The summed E-state index contributed by atoms with van der Waals surface area (Å²) in [7, 11) is 3.81.